The predicted molar refractivity (Wildman–Crippen MR) is 123 cm³/mol. The van der Waals surface area contributed by atoms with Gasteiger partial charge in [0, 0.05) is 5.41 Å². The smallest absolute Gasteiger partial charge is 0.244 e. The number of benzene rings is 3. The lowest BCUT2D eigenvalue weighted by molar-refractivity contribution is -0.122. The second-order valence-corrected chi connectivity index (χ2v) is 8.11. The van der Waals surface area contributed by atoms with Crippen LogP contribution >= 0.6 is 0 Å². The molecular formula is C27H28N2O. The molecule has 4 rings (SSSR count). The van der Waals surface area contributed by atoms with Gasteiger partial charge in [0.25, 0.3) is 0 Å². The number of aryl methyl sites for hydroxylation is 1. The molecule has 3 aromatic rings. The first kappa shape index (κ1) is 20.1. The van der Waals surface area contributed by atoms with E-state index in [-0.39, 0.29) is 17.2 Å². The van der Waals surface area contributed by atoms with Crippen molar-refractivity contribution in [2.24, 2.45) is 11.0 Å². The number of hydrazone groups is 1. The van der Waals surface area contributed by atoms with Crippen molar-refractivity contribution in [3.63, 3.8) is 0 Å². The maximum absolute atomic E-state index is 13.1. The van der Waals surface area contributed by atoms with Gasteiger partial charge in [-0.25, -0.2) is 5.43 Å². The highest BCUT2D eigenvalue weighted by atomic mass is 16.2. The van der Waals surface area contributed by atoms with Crippen LogP contribution in [0.2, 0.25) is 0 Å². The molecule has 0 bridgehead atoms. The fraction of sp³-hybridized carbons (Fsp3) is 0.259. The van der Waals surface area contributed by atoms with Crippen LogP contribution in [-0.2, 0) is 10.2 Å². The monoisotopic (exact) mass is 396 g/mol. The lowest BCUT2D eigenvalue weighted by Crippen LogP contribution is -2.26. The summed E-state index contributed by atoms with van der Waals surface area (Å²) in [5.74, 6) is -0.129. The summed E-state index contributed by atoms with van der Waals surface area (Å²) in [6.45, 7) is 4.20. The highest BCUT2D eigenvalue weighted by Crippen LogP contribution is 2.58. The quantitative estimate of drug-likeness (QED) is 0.409. The predicted octanol–water partition coefficient (Wildman–Crippen LogP) is 5.62. The molecule has 1 atom stereocenters. The van der Waals surface area contributed by atoms with E-state index in [9.17, 15) is 4.79 Å². The number of nitrogens with zero attached hydrogens (tertiary/aromatic N) is 1. The molecule has 0 radical (unpaired) electrons. The van der Waals surface area contributed by atoms with Crippen molar-refractivity contribution in [3.05, 3.63) is 107 Å². The number of amides is 1. The Labute approximate surface area is 178 Å². The van der Waals surface area contributed by atoms with Gasteiger partial charge >= 0.3 is 0 Å². The molecule has 0 heterocycles. The average molecular weight is 397 g/mol. The Balaban J connectivity index is 1.58. The van der Waals surface area contributed by atoms with Gasteiger partial charge in [-0.2, -0.15) is 5.10 Å². The van der Waals surface area contributed by atoms with E-state index in [0.29, 0.717) is 0 Å². The largest absolute Gasteiger partial charge is 0.273 e. The van der Waals surface area contributed by atoms with Gasteiger partial charge in [-0.1, -0.05) is 104 Å². The van der Waals surface area contributed by atoms with Crippen LogP contribution < -0.4 is 5.43 Å². The standard InChI is InChI=1S/C27H28N2O/c1-3-10-25(21-17-15-20(2)16-18-21)28-29-26(30)24-19-27(24,22-11-6-4-7-12-22)23-13-8-5-9-14-23/h4-9,11-18,24H,3,10,19H2,1-2H3,(H,29,30)/t24-/m0/s1. The number of rotatable bonds is 7. The van der Waals surface area contributed by atoms with Crippen LogP contribution in [-0.4, -0.2) is 11.6 Å². The normalized spacial score (nSPS) is 17.4. The summed E-state index contributed by atoms with van der Waals surface area (Å²) >= 11 is 0. The van der Waals surface area contributed by atoms with E-state index in [1.807, 2.05) is 36.4 Å². The number of carbonyl (C=O) groups excluding carboxylic acids is 1. The van der Waals surface area contributed by atoms with E-state index in [1.54, 1.807) is 0 Å². The molecule has 1 N–H and O–H groups in total. The Kier molecular flexibility index (Phi) is 5.80. The van der Waals surface area contributed by atoms with E-state index in [4.69, 9.17) is 0 Å². The third-order valence-corrected chi connectivity index (χ3v) is 6.03. The van der Waals surface area contributed by atoms with Gasteiger partial charge in [0.2, 0.25) is 5.91 Å². The number of carbonyl (C=O) groups is 1. The summed E-state index contributed by atoms with van der Waals surface area (Å²) in [7, 11) is 0. The molecule has 1 amide bonds. The molecule has 0 aromatic heterocycles. The van der Waals surface area contributed by atoms with Crippen molar-refractivity contribution in [3.8, 4) is 0 Å². The fourth-order valence-electron chi connectivity index (χ4n) is 4.30. The minimum absolute atomic E-state index is 0.0107. The second-order valence-electron chi connectivity index (χ2n) is 8.11. The van der Waals surface area contributed by atoms with Gasteiger partial charge in [0.1, 0.15) is 0 Å². The minimum atomic E-state index is -0.267. The van der Waals surface area contributed by atoms with E-state index in [1.165, 1.54) is 16.7 Å². The fourth-order valence-corrected chi connectivity index (χ4v) is 4.30. The molecule has 3 nitrogen and oxygen atoms in total. The molecule has 1 aliphatic carbocycles. The van der Waals surface area contributed by atoms with Crippen molar-refractivity contribution in [1.82, 2.24) is 5.43 Å². The summed E-state index contributed by atoms with van der Waals surface area (Å²) in [5.41, 5.74) is 8.20. The summed E-state index contributed by atoms with van der Waals surface area (Å²) in [5, 5.41) is 4.54. The van der Waals surface area contributed by atoms with Crippen LogP contribution in [0.15, 0.2) is 90.0 Å². The summed E-state index contributed by atoms with van der Waals surface area (Å²) < 4.78 is 0. The summed E-state index contributed by atoms with van der Waals surface area (Å²) in [6.07, 6.45) is 2.61. The molecule has 3 aromatic carbocycles. The van der Waals surface area contributed by atoms with Gasteiger partial charge in [-0.15, -0.1) is 0 Å². The van der Waals surface area contributed by atoms with E-state index < -0.39 is 0 Å². The molecule has 1 fully saturated rings. The second kappa shape index (κ2) is 8.66. The molecule has 0 unspecified atom stereocenters. The Bertz CT molecular complexity index is 984. The maximum atomic E-state index is 13.1. The Hall–Kier alpha value is -3.20. The van der Waals surface area contributed by atoms with Crippen LogP contribution in [0, 0.1) is 12.8 Å². The molecule has 30 heavy (non-hydrogen) atoms. The highest BCUT2D eigenvalue weighted by Gasteiger charge is 2.60. The van der Waals surface area contributed by atoms with Crippen molar-refractivity contribution < 1.29 is 4.79 Å². The average Bonchev–Trinajstić information content (AvgIpc) is 3.55. The lowest BCUT2D eigenvalue weighted by Gasteiger charge is -2.18. The van der Waals surface area contributed by atoms with E-state index >= 15 is 0 Å². The van der Waals surface area contributed by atoms with Crippen LogP contribution in [0.5, 0.6) is 0 Å². The summed E-state index contributed by atoms with van der Waals surface area (Å²) in [6, 6.07) is 29.0. The molecule has 152 valence electrons. The van der Waals surface area contributed by atoms with Crippen molar-refractivity contribution in [1.29, 1.82) is 0 Å². The number of nitrogens with one attached hydrogen (secondary N) is 1. The van der Waals surface area contributed by atoms with Crippen LogP contribution in [0.1, 0.15) is 48.4 Å². The van der Waals surface area contributed by atoms with Gasteiger partial charge in [-0.3, -0.25) is 4.79 Å². The number of hydrogen-bond acceptors (Lipinski definition) is 2. The SMILES string of the molecule is CCCC(=NNC(=O)[C@@H]1CC1(c1ccccc1)c1ccccc1)c1ccc(C)cc1. The molecule has 0 aliphatic heterocycles. The molecule has 1 saturated carbocycles. The van der Waals surface area contributed by atoms with Gasteiger partial charge < -0.3 is 0 Å². The van der Waals surface area contributed by atoms with Crippen LogP contribution in [0.4, 0.5) is 0 Å². The summed E-state index contributed by atoms with van der Waals surface area (Å²) in [4.78, 5) is 13.1. The first-order valence-electron chi connectivity index (χ1n) is 10.7. The van der Waals surface area contributed by atoms with Crippen LogP contribution in [0.3, 0.4) is 0 Å². The van der Waals surface area contributed by atoms with Gasteiger partial charge in [0.05, 0.1) is 11.6 Å². The maximum Gasteiger partial charge on any atom is 0.244 e. The van der Waals surface area contributed by atoms with Crippen molar-refractivity contribution in [2.75, 3.05) is 0 Å². The van der Waals surface area contributed by atoms with E-state index in [0.717, 1.165) is 30.5 Å². The van der Waals surface area contributed by atoms with Crippen LogP contribution in [0.25, 0.3) is 0 Å². The van der Waals surface area contributed by atoms with Crippen molar-refractivity contribution in [2.45, 2.75) is 38.5 Å². The molecular weight excluding hydrogens is 368 g/mol. The topological polar surface area (TPSA) is 41.5 Å². The Morgan fingerprint density at radius 1 is 0.933 bits per heavy atom. The third kappa shape index (κ3) is 3.93. The Morgan fingerprint density at radius 2 is 1.50 bits per heavy atom. The molecule has 0 saturated heterocycles. The molecule has 3 heteroatoms. The third-order valence-electron chi connectivity index (χ3n) is 6.03. The molecule has 1 aliphatic rings. The first-order chi connectivity index (χ1) is 14.6. The first-order valence-corrected chi connectivity index (χ1v) is 10.7. The lowest BCUT2D eigenvalue weighted by atomic mass is 9.85. The molecule has 0 spiro atoms. The minimum Gasteiger partial charge on any atom is -0.273 e. The van der Waals surface area contributed by atoms with Crippen molar-refractivity contribution >= 4 is 11.6 Å². The Morgan fingerprint density at radius 3 is 2.03 bits per heavy atom. The zero-order valence-electron chi connectivity index (χ0n) is 17.6. The number of hydrogen-bond donors (Lipinski definition) is 1. The highest BCUT2D eigenvalue weighted by molar-refractivity contribution is 6.01. The zero-order chi connectivity index (χ0) is 21.0. The van der Waals surface area contributed by atoms with Gasteiger partial charge in [-0.05, 0) is 36.5 Å². The zero-order valence-corrected chi connectivity index (χ0v) is 17.6. The van der Waals surface area contributed by atoms with E-state index in [2.05, 4.69) is 72.9 Å². The van der Waals surface area contributed by atoms with Gasteiger partial charge in [0.15, 0.2) is 0 Å².